The van der Waals surface area contributed by atoms with Gasteiger partial charge >= 0.3 is 0 Å². The Hall–Kier alpha value is -2.47. The molecule has 0 bridgehead atoms. The van der Waals surface area contributed by atoms with Gasteiger partial charge in [0.2, 0.25) is 5.91 Å². The van der Waals surface area contributed by atoms with Crippen LogP contribution in [0.25, 0.3) is 0 Å². The SMILES string of the molecule is O=C(NCc1ccc(CN2CCc3ccccc3C2)cc1)C1CCN(Cc2ccc(Br)cc2)CC1. The third-order valence-corrected chi connectivity index (χ3v) is 7.91. The number of hydrogen-bond donors (Lipinski definition) is 1. The molecule has 182 valence electrons. The number of piperidine rings is 1. The van der Waals surface area contributed by atoms with Crippen LogP contribution < -0.4 is 5.32 Å². The molecule has 1 N–H and O–H groups in total. The number of amides is 1. The zero-order chi connectivity index (χ0) is 24.0. The highest BCUT2D eigenvalue weighted by atomic mass is 79.9. The van der Waals surface area contributed by atoms with Gasteiger partial charge in [0.15, 0.2) is 0 Å². The molecule has 0 unspecified atom stereocenters. The van der Waals surface area contributed by atoms with Gasteiger partial charge in [-0.3, -0.25) is 14.6 Å². The quantitative estimate of drug-likeness (QED) is 0.435. The summed E-state index contributed by atoms with van der Waals surface area (Å²) < 4.78 is 1.11. The molecule has 2 aliphatic rings. The number of benzene rings is 3. The van der Waals surface area contributed by atoms with E-state index in [1.165, 1.54) is 27.8 Å². The number of carbonyl (C=O) groups is 1. The van der Waals surface area contributed by atoms with Gasteiger partial charge in [-0.15, -0.1) is 0 Å². The lowest BCUT2D eigenvalue weighted by Gasteiger charge is -2.31. The Bertz CT molecular complexity index is 1120. The highest BCUT2D eigenvalue weighted by Gasteiger charge is 2.24. The summed E-state index contributed by atoms with van der Waals surface area (Å²) in [4.78, 5) is 17.7. The van der Waals surface area contributed by atoms with E-state index in [1.54, 1.807) is 0 Å². The first-order chi connectivity index (χ1) is 17.1. The van der Waals surface area contributed by atoms with E-state index in [-0.39, 0.29) is 11.8 Å². The molecule has 3 aromatic carbocycles. The molecule has 0 radical (unpaired) electrons. The number of nitrogens with one attached hydrogen (secondary N) is 1. The van der Waals surface area contributed by atoms with Crippen molar-refractivity contribution in [3.05, 3.63) is 105 Å². The van der Waals surface area contributed by atoms with Gasteiger partial charge in [0.1, 0.15) is 0 Å². The van der Waals surface area contributed by atoms with Crippen LogP contribution in [-0.4, -0.2) is 35.3 Å². The van der Waals surface area contributed by atoms with Crippen molar-refractivity contribution in [2.75, 3.05) is 19.6 Å². The number of hydrogen-bond acceptors (Lipinski definition) is 3. The smallest absolute Gasteiger partial charge is 0.223 e. The summed E-state index contributed by atoms with van der Waals surface area (Å²) in [5.41, 5.74) is 6.77. The predicted molar refractivity (Wildman–Crippen MR) is 145 cm³/mol. The first kappa shape index (κ1) is 24.2. The van der Waals surface area contributed by atoms with Crippen molar-refractivity contribution in [1.82, 2.24) is 15.1 Å². The lowest BCUT2D eigenvalue weighted by Crippen LogP contribution is -2.40. The van der Waals surface area contributed by atoms with E-state index in [2.05, 4.69) is 104 Å². The standard InChI is InChI=1S/C30H34BrN3O/c31-29-11-9-25(10-12-29)20-33-16-14-27(15-17-33)30(35)32-19-23-5-7-24(8-6-23)21-34-18-13-26-3-1-2-4-28(26)22-34/h1-12,27H,13-22H2,(H,32,35). The minimum atomic E-state index is 0.123. The highest BCUT2D eigenvalue weighted by molar-refractivity contribution is 9.10. The van der Waals surface area contributed by atoms with E-state index >= 15 is 0 Å². The first-order valence-corrected chi connectivity index (χ1v) is 13.5. The van der Waals surface area contributed by atoms with Crippen molar-refractivity contribution in [2.24, 2.45) is 5.92 Å². The molecule has 3 aromatic rings. The van der Waals surface area contributed by atoms with Crippen molar-refractivity contribution in [2.45, 2.75) is 45.4 Å². The first-order valence-electron chi connectivity index (χ1n) is 12.7. The van der Waals surface area contributed by atoms with Gasteiger partial charge in [-0.25, -0.2) is 0 Å². The molecule has 2 heterocycles. The van der Waals surface area contributed by atoms with Crippen molar-refractivity contribution < 1.29 is 4.79 Å². The maximum Gasteiger partial charge on any atom is 0.223 e. The Balaban J connectivity index is 1.04. The molecule has 0 aromatic heterocycles. The van der Waals surface area contributed by atoms with E-state index in [9.17, 15) is 4.79 Å². The number of nitrogens with zero attached hydrogens (tertiary/aromatic N) is 2. The van der Waals surface area contributed by atoms with Crippen LogP contribution in [0.15, 0.2) is 77.3 Å². The topological polar surface area (TPSA) is 35.6 Å². The summed E-state index contributed by atoms with van der Waals surface area (Å²) >= 11 is 3.49. The summed E-state index contributed by atoms with van der Waals surface area (Å²) in [7, 11) is 0. The number of halogens is 1. The summed E-state index contributed by atoms with van der Waals surface area (Å²) in [6, 6.07) is 26.0. The van der Waals surface area contributed by atoms with Crippen molar-refractivity contribution in [3.8, 4) is 0 Å². The summed E-state index contributed by atoms with van der Waals surface area (Å²) in [6.07, 6.45) is 2.99. The van der Waals surface area contributed by atoms with Gasteiger partial charge in [0.25, 0.3) is 0 Å². The second kappa shape index (κ2) is 11.5. The molecule has 5 heteroatoms. The number of fused-ring (bicyclic) bond motifs is 1. The second-order valence-electron chi connectivity index (χ2n) is 9.94. The van der Waals surface area contributed by atoms with Crippen LogP contribution in [0.3, 0.4) is 0 Å². The summed E-state index contributed by atoms with van der Waals surface area (Å²) in [5.74, 6) is 0.321. The fourth-order valence-electron chi connectivity index (χ4n) is 5.24. The zero-order valence-electron chi connectivity index (χ0n) is 20.3. The molecular weight excluding hydrogens is 498 g/mol. The third-order valence-electron chi connectivity index (χ3n) is 7.38. The van der Waals surface area contributed by atoms with Gasteiger partial charge in [-0.1, -0.05) is 76.6 Å². The van der Waals surface area contributed by atoms with E-state index < -0.39 is 0 Å². The van der Waals surface area contributed by atoms with Gasteiger partial charge in [-0.2, -0.15) is 0 Å². The molecule has 35 heavy (non-hydrogen) atoms. The molecule has 0 aliphatic carbocycles. The molecule has 1 amide bonds. The Morgan fingerprint density at radius 1 is 0.771 bits per heavy atom. The van der Waals surface area contributed by atoms with Crippen molar-refractivity contribution in [1.29, 1.82) is 0 Å². The Kier molecular flexibility index (Phi) is 7.97. The van der Waals surface area contributed by atoms with Crippen LogP contribution in [0.4, 0.5) is 0 Å². The average molecular weight is 533 g/mol. The monoisotopic (exact) mass is 531 g/mol. The maximum absolute atomic E-state index is 12.8. The molecule has 0 saturated carbocycles. The predicted octanol–water partition coefficient (Wildman–Crippen LogP) is 5.54. The van der Waals surface area contributed by atoms with E-state index in [4.69, 9.17) is 0 Å². The fraction of sp³-hybridized carbons (Fsp3) is 0.367. The highest BCUT2D eigenvalue weighted by Crippen LogP contribution is 2.22. The van der Waals surface area contributed by atoms with Gasteiger partial charge in [-0.05, 0) is 72.3 Å². The van der Waals surface area contributed by atoms with E-state index in [1.807, 2.05) is 0 Å². The maximum atomic E-state index is 12.8. The lowest BCUT2D eigenvalue weighted by atomic mass is 9.95. The largest absolute Gasteiger partial charge is 0.352 e. The van der Waals surface area contributed by atoms with Crippen LogP contribution in [0, 0.1) is 5.92 Å². The summed E-state index contributed by atoms with van der Waals surface area (Å²) in [6.45, 7) is 6.62. The minimum Gasteiger partial charge on any atom is -0.352 e. The van der Waals surface area contributed by atoms with Crippen molar-refractivity contribution in [3.63, 3.8) is 0 Å². The molecule has 0 spiro atoms. The van der Waals surface area contributed by atoms with Crippen LogP contribution in [0.2, 0.25) is 0 Å². The Morgan fingerprint density at radius 2 is 1.37 bits per heavy atom. The van der Waals surface area contributed by atoms with Gasteiger partial charge in [0, 0.05) is 43.1 Å². The lowest BCUT2D eigenvalue weighted by molar-refractivity contribution is -0.126. The molecule has 5 rings (SSSR count). The van der Waals surface area contributed by atoms with Crippen LogP contribution in [0.5, 0.6) is 0 Å². The molecular formula is C30H34BrN3O. The number of carbonyl (C=O) groups excluding carboxylic acids is 1. The molecule has 1 fully saturated rings. The second-order valence-corrected chi connectivity index (χ2v) is 10.9. The molecule has 0 atom stereocenters. The van der Waals surface area contributed by atoms with Crippen LogP contribution in [-0.2, 0) is 37.4 Å². The van der Waals surface area contributed by atoms with E-state index in [0.717, 1.165) is 63.0 Å². The Morgan fingerprint density at radius 3 is 2.09 bits per heavy atom. The minimum absolute atomic E-state index is 0.123. The van der Waals surface area contributed by atoms with Crippen LogP contribution >= 0.6 is 15.9 Å². The van der Waals surface area contributed by atoms with Gasteiger partial charge < -0.3 is 5.32 Å². The van der Waals surface area contributed by atoms with Crippen molar-refractivity contribution >= 4 is 21.8 Å². The number of rotatable bonds is 7. The summed E-state index contributed by atoms with van der Waals surface area (Å²) in [5, 5.41) is 3.18. The van der Waals surface area contributed by atoms with E-state index in [0.29, 0.717) is 6.54 Å². The Labute approximate surface area is 217 Å². The normalized spacial score (nSPS) is 17.2. The molecule has 2 aliphatic heterocycles. The third kappa shape index (κ3) is 6.60. The number of likely N-dealkylation sites (tertiary alicyclic amines) is 1. The zero-order valence-corrected chi connectivity index (χ0v) is 21.8. The average Bonchev–Trinajstić information content (AvgIpc) is 2.90. The molecule has 4 nitrogen and oxygen atoms in total. The van der Waals surface area contributed by atoms with Gasteiger partial charge in [0.05, 0.1) is 0 Å². The van der Waals surface area contributed by atoms with Crippen LogP contribution in [0.1, 0.15) is 40.7 Å². The fourth-order valence-corrected chi connectivity index (χ4v) is 5.51. The molecule has 1 saturated heterocycles.